The van der Waals surface area contributed by atoms with Crippen LogP contribution in [-0.2, 0) is 37.6 Å². The monoisotopic (exact) mass is 451 g/mol. The van der Waals surface area contributed by atoms with Gasteiger partial charge in [-0.25, -0.2) is 9.37 Å². The fourth-order valence-electron chi connectivity index (χ4n) is 5.73. The second-order valence-electron chi connectivity index (χ2n) is 9.51. The number of halogens is 1. The minimum absolute atomic E-state index is 0.161. The van der Waals surface area contributed by atoms with E-state index in [1.54, 1.807) is 12.1 Å². The standard InChI is InChI=1S/C26H30FN3OS/c1-29-23-8-11-30(16-21(23)20-5-3-18(27)14-24(20)29)19-4-6-25-22(15-19)28-26(32-25)7-2-17-9-12-31-13-10-17/h3-6,14,17,19H,2,7-13,15-16H2,1H3. The van der Waals surface area contributed by atoms with E-state index in [0.717, 1.165) is 57.0 Å². The number of rotatable bonds is 4. The van der Waals surface area contributed by atoms with Crippen molar-refractivity contribution in [2.24, 2.45) is 13.0 Å². The summed E-state index contributed by atoms with van der Waals surface area (Å²) in [7, 11) is 2.07. The van der Waals surface area contributed by atoms with Crippen molar-refractivity contribution in [3.63, 3.8) is 0 Å². The van der Waals surface area contributed by atoms with Gasteiger partial charge in [-0.05, 0) is 61.4 Å². The van der Waals surface area contributed by atoms with Crippen LogP contribution in [0.25, 0.3) is 17.0 Å². The first-order valence-corrected chi connectivity index (χ1v) is 12.7. The van der Waals surface area contributed by atoms with Crippen molar-refractivity contribution >= 4 is 28.3 Å². The van der Waals surface area contributed by atoms with Crippen molar-refractivity contribution in [1.82, 2.24) is 14.5 Å². The Kier molecular flexibility index (Phi) is 5.40. The molecule has 0 bridgehead atoms. The van der Waals surface area contributed by atoms with Gasteiger partial charge in [0.1, 0.15) is 5.82 Å². The fraction of sp³-hybridized carbons (Fsp3) is 0.500. The minimum atomic E-state index is -0.161. The molecule has 3 aromatic rings. The third-order valence-electron chi connectivity index (χ3n) is 7.62. The van der Waals surface area contributed by atoms with Crippen LogP contribution in [0.5, 0.6) is 0 Å². The topological polar surface area (TPSA) is 30.3 Å². The maximum atomic E-state index is 13.8. The normalized spacial score (nSPS) is 21.8. The number of nitrogens with zero attached hydrogens (tertiary/aromatic N) is 3. The Morgan fingerprint density at radius 1 is 1.25 bits per heavy atom. The molecule has 6 rings (SSSR count). The molecule has 3 aliphatic rings. The molecule has 0 amide bonds. The molecule has 1 aliphatic carbocycles. The number of aromatic nitrogens is 2. The van der Waals surface area contributed by atoms with E-state index < -0.39 is 0 Å². The van der Waals surface area contributed by atoms with E-state index in [4.69, 9.17) is 9.72 Å². The molecule has 0 N–H and O–H groups in total. The number of thiazole rings is 1. The summed E-state index contributed by atoms with van der Waals surface area (Å²) in [6.45, 7) is 3.80. The summed E-state index contributed by atoms with van der Waals surface area (Å²) in [5.41, 5.74) is 5.00. The van der Waals surface area contributed by atoms with Crippen molar-refractivity contribution in [1.29, 1.82) is 0 Å². The van der Waals surface area contributed by atoms with Crippen LogP contribution < -0.4 is 0 Å². The minimum Gasteiger partial charge on any atom is -0.381 e. The number of benzene rings is 1. The Balaban J connectivity index is 1.16. The van der Waals surface area contributed by atoms with E-state index >= 15 is 0 Å². The maximum absolute atomic E-state index is 13.8. The molecule has 4 heterocycles. The molecule has 0 spiro atoms. The lowest BCUT2D eigenvalue weighted by Crippen LogP contribution is -2.40. The number of fused-ring (bicyclic) bond motifs is 4. The number of aryl methyl sites for hydroxylation is 2. The van der Waals surface area contributed by atoms with E-state index in [-0.39, 0.29) is 5.82 Å². The zero-order valence-corrected chi connectivity index (χ0v) is 19.5. The Hall–Kier alpha value is -2.02. The summed E-state index contributed by atoms with van der Waals surface area (Å²) in [5.74, 6) is 0.635. The molecule has 2 aromatic heterocycles. The molecule has 1 unspecified atom stereocenters. The van der Waals surface area contributed by atoms with Gasteiger partial charge >= 0.3 is 0 Å². The van der Waals surface area contributed by atoms with Gasteiger partial charge in [0.25, 0.3) is 0 Å². The predicted octanol–water partition coefficient (Wildman–Crippen LogP) is 5.13. The van der Waals surface area contributed by atoms with Crippen LogP contribution in [0.15, 0.2) is 24.3 Å². The van der Waals surface area contributed by atoms with Gasteiger partial charge in [-0.2, -0.15) is 0 Å². The molecule has 0 radical (unpaired) electrons. The quantitative estimate of drug-likeness (QED) is 0.551. The van der Waals surface area contributed by atoms with E-state index in [2.05, 4.69) is 28.7 Å². The van der Waals surface area contributed by atoms with Crippen molar-refractivity contribution in [3.05, 3.63) is 56.9 Å². The van der Waals surface area contributed by atoms with Gasteiger partial charge in [-0.1, -0.05) is 6.08 Å². The molecule has 0 saturated carbocycles. The SMILES string of the molecule is Cn1c2c(c3ccc(F)cc31)CN(C1C=Cc3sc(CCC4CCOCC4)nc3C1)CC2. The van der Waals surface area contributed by atoms with E-state index in [1.807, 2.05) is 17.4 Å². The molecular formula is C26H30FN3OS. The zero-order chi connectivity index (χ0) is 21.7. The second-order valence-corrected chi connectivity index (χ2v) is 10.6. The van der Waals surface area contributed by atoms with E-state index in [1.165, 1.54) is 51.5 Å². The summed E-state index contributed by atoms with van der Waals surface area (Å²) in [5, 5.41) is 2.49. The number of ether oxygens (including phenoxy) is 1. The molecule has 1 saturated heterocycles. The van der Waals surface area contributed by atoms with Gasteiger partial charge in [-0.3, -0.25) is 4.90 Å². The van der Waals surface area contributed by atoms with Crippen LogP contribution in [0, 0.1) is 11.7 Å². The van der Waals surface area contributed by atoms with Crippen LogP contribution in [0.1, 0.15) is 46.1 Å². The molecule has 1 aromatic carbocycles. The van der Waals surface area contributed by atoms with Gasteiger partial charge in [-0.15, -0.1) is 11.3 Å². The van der Waals surface area contributed by atoms with Gasteiger partial charge in [0.05, 0.1) is 21.1 Å². The van der Waals surface area contributed by atoms with Gasteiger partial charge < -0.3 is 9.30 Å². The van der Waals surface area contributed by atoms with Crippen LogP contribution in [0.3, 0.4) is 0 Å². The average Bonchev–Trinajstić information content (AvgIpc) is 3.36. The maximum Gasteiger partial charge on any atom is 0.125 e. The fourth-order valence-corrected chi connectivity index (χ4v) is 6.75. The van der Waals surface area contributed by atoms with Crippen LogP contribution >= 0.6 is 11.3 Å². The average molecular weight is 452 g/mol. The molecule has 32 heavy (non-hydrogen) atoms. The molecule has 2 aliphatic heterocycles. The summed E-state index contributed by atoms with van der Waals surface area (Å²) in [4.78, 5) is 8.98. The summed E-state index contributed by atoms with van der Waals surface area (Å²) < 4.78 is 21.5. The molecule has 168 valence electrons. The number of hydrogen-bond donors (Lipinski definition) is 0. The highest BCUT2D eigenvalue weighted by Crippen LogP contribution is 2.34. The van der Waals surface area contributed by atoms with E-state index in [0.29, 0.717) is 6.04 Å². The lowest BCUT2D eigenvalue weighted by molar-refractivity contribution is 0.0640. The molecular weight excluding hydrogens is 421 g/mol. The summed E-state index contributed by atoms with van der Waals surface area (Å²) in [6.07, 6.45) is 11.4. The zero-order valence-electron chi connectivity index (χ0n) is 18.6. The Bertz CT molecular complexity index is 1170. The molecule has 6 heteroatoms. The van der Waals surface area contributed by atoms with E-state index in [9.17, 15) is 4.39 Å². The highest BCUT2D eigenvalue weighted by molar-refractivity contribution is 7.12. The smallest absolute Gasteiger partial charge is 0.125 e. The summed E-state index contributed by atoms with van der Waals surface area (Å²) in [6, 6.07) is 5.59. The van der Waals surface area contributed by atoms with Crippen molar-refractivity contribution in [2.45, 2.75) is 51.1 Å². The Morgan fingerprint density at radius 3 is 3.00 bits per heavy atom. The van der Waals surface area contributed by atoms with Gasteiger partial charge in [0.15, 0.2) is 0 Å². The van der Waals surface area contributed by atoms with Crippen LogP contribution in [0.4, 0.5) is 4.39 Å². The molecule has 1 fully saturated rings. The highest BCUT2D eigenvalue weighted by Gasteiger charge is 2.29. The van der Waals surface area contributed by atoms with Crippen molar-refractivity contribution < 1.29 is 9.13 Å². The molecule has 4 nitrogen and oxygen atoms in total. The lowest BCUT2D eigenvalue weighted by Gasteiger charge is -2.34. The first kappa shape index (κ1) is 20.6. The van der Waals surface area contributed by atoms with Crippen LogP contribution in [0.2, 0.25) is 0 Å². The lowest BCUT2D eigenvalue weighted by atomic mass is 9.95. The van der Waals surface area contributed by atoms with Crippen molar-refractivity contribution in [2.75, 3.05) is 19.8 Å². The third-order valence-corrected chi connectivity index (χ3v) is 8.74. The van der Waals surface area contributed by atoms with Crippen LogP contribution in [-0.4, -0.2) is 40.3 Å². The third kappa shape index (κ3) is 3.72. The predicted molar refractivity (Wildman–Crippen MR) is 127 cm³/mol. The first-order chi connectivity index (χ1) is 15.7. The summed E-state index contributed by atoms with van der Waals surface area (Å²) >= 11 is 1.88. The Labute approximate surface area is 192 Å². The highest BCUT2D eigenvalue weighted by atomic mass is 32.1. The van der Waals surface area contributed by atoms with Gasteiger partial charge in [0.2, 0.25) is 0 Å². The van der Waals surface area contributed by atoms with Crippen molar-refractivity contribution in [3.8, 4) is 0 Å². The molecule has 1 atom stereocenters. The number of hydrogen-bond acceptors (Lipinski definition) is 4. The van der Waals surface area contributed by atoms with Gasteiger partial charge in [0, 0.05) is 63.3 Å². The Morgan fingerprint density at radius 2 is 2.12 bits per heavy atom. The first-order valence-electron chi connectivity index (χ1n) is 11.9. The largest absolute Gasteiger partial charge is 0.381 e. The second kappa shape index (κ2) is 8.40.